The molecular formula is C60H100O6. The SMILES string of the molecule is CC/C=C\C/C=C\C/C=C\C/C=C\C/C=C\CCCCCC(=O)OC[C@H](COC(=O)CCCCCCCCCCCCCC)OC(=O)CCC/C=C\C/C=C\C/C=C\CCCCCCCC. The topological polar surface area (TPSA) is 78.9 Å². The summed E-state index contributed by atoms with van der Waals surface area (Å²) in [6.45, 7) is 6.44. The largest absolute Gasteiger partial charge is 0.462 e. The highest BCUT2D eigenvalue weighted by atomic mass is 16.6. The van der Waals surface area contributed by atoms with Crippen molar-refractivity contribution in [3.05, 3.63) is 97.2 Å². The molecule has 66 heavy (non-hydrogen) atoms. The fourth-order valence-electron chi connectivity index (χ4n) is 7.25. The molecule has 0 N–H and O–H groups in total. The number of carbonyl (C=O) groups is 3. The molecule has 376 valence electrons. The summed E-state index contributed by atoms with van der Waals surface area (Å²) < 4.78 is 16.7. The van der Waals surface area contributed by atoms with E-state index >= 15 is 0 Å². The van der Waals surface area contributed by atoms with E-state index in [1.54, 1.807) is 0 Å². The Balaban J connectivity index is 4.51. The third kappa shape index (κ3) is 51.3. The Bertz CT molecular complexity index is 1330. The Kier molecular flexibility index (Phi) is 50.9. The summed E-state index contributed by atoms with van der Waals surface area (Å²) in [7, 11) is 0. The molecule has 0 aliphatic heterocycles. The fraction of sp³-hybridized carbons (Fsp3) is 0.683. The molecule has 0 unspecified atom stereocenters. The predicted octanol–water partition coefficient (Wildman–Crippen LogP) is 18.1. The standard InChI is InChI=1S/C60H100O6/c1-4-7-10-13-16-19-22-25-27-29-30-32-33-35-38-41-44-47-50-53-59(62)65-56-57(55-64-58(61)52-49-46-43-40-37-24-21-18-15-12-9-6-3)66-60(63)54-51-48-45-42-39-36-34-31-28-26-23-20-17-14-11-8-5-2/h7,10,16,19,25-28,30,32,34-36,38,42,45,57H,4-6,8-9,11-15,17-18,20-24,29,31,33,37,39-41,43-44,46-56H2,1-3H3/b10-7-,19-16-,27-25-,28-26-,32-30-,36-34-,38-35-,45-42-/t57-/m0/s1. The molecule has 0 fully saturated rings. The lowest BCUT2D eigenvalue weighted by Crippen LogP contribution is -2.30. The zero-order valence-electron chi connectivity index (χ0n) is 42.9. The lowest BCUT2D eigenvalue weighted by atomic mass is 10.0. The molecule has 0 aliphatic carbocycles. The van der Waals surface area contributed by atoms with E-state index in [9.17, 15) is 14.4 Å². The zero-order chi connectivity index (χ0) is 47.9. The number of hydrogen-bond acceptors (Lipinski definition) is 6. The second kappa shape index (κ2) is 53.9. The predicted molar refractivity (Wildman–Crippen MR) is 284 cm³/mol. The molecule has 1 atom stereocenters. The minimum atomic E-state index is -0.816. The first-order valence-electron chi connectivity index (χ1n) is 27.2. The van der Waals surface area contributed by atoms with Crippen LogP contribution in [-0.4, -0.2) is 37.2 Å². The van der Waals surface area contributed by atoms with Gasteiger partial charge in [0.1, 0.15) is 13.2 Å². The average Bonchev–Trinajstić information content (AvgIpc) is 3.31. The van der Waals surface area contributed by atoms with Gasteiger partial charge in [-0.3, -0.25) is 14.4 Å². The van der Waals surface area contributed by atoms with Gasteiger partial charge in [-0.1, -0.05) is 227 Å². The molecule has 0 spiro atoms. The number of hydrogen-bond donors (Lipinski definition) is 0. The van der Waals surface area contributed by atoms with Gasteiger partial charge in [0.25, 0.3) is 0 Å². The van der Waals surface area contributed by atoms with Crippen LogP contribution < -0.4 is 0 Å². The second-order valence-corrected chi connectivity index (χ2v) is 17.8. The van der Waals surface area contributed by atoms with Crippen LogP contribution in [0.15, 0.2) is 97.2 Å². The molecule has 0 aromatic carbocycles. The lowest BCUT2D eigenvalue weighted by Gasteiger charge is -2.18. The molecular weight excluding hydrogens is 817 g/mol. The Labute approximate surface area is 407 Å². The summed E-state index contributed by atoms with van der Waals surface area (Å²) in [6, 6.07) is 0. The van der Waals surface area contributed by atoms with Crippen LogP contribution in [0.5, 0.6) is 0 Å². The van der Waals surface area contributed by atoms with Crippen LogP contribution in [-0.2, 0) is 28.6 Å². The van der Waals surface area contributed by atoms with Gasteiger partial charge >= 0.3 is 17.9 Å². The molecule has 0 aromatic rings. The van der Waals surface area contributed by atoms with Gasteiger partial charge in [0.2, 0.25) is 0 Å². The Morgan fingerprint density at radius 2 is 0.606 bits per heavy atom. The monoisotopic (exact) mass is 917 g/mol. The quantitative estimate of drug-likeness (QED) is 0.0262. The Hall–Kier alpha value is -3.67. The van der Waals surface area contributed by atoms with Crippen molar-refractivity contribution in [2.45, 2.75) is 252 Å². The van der Waals surface area contributed by atoms with Crippen molar-refractivity contribution in [2.24, 2.45) is 0 Å². The highest BCUT2D eigenvalue weighted by Crippen LogP contribution is 2.14. The van der Waals surface area contributed by atoms with Crippen LogP contribution >= 0.6 is 0 Å². The van der Waals surface area contributed by atoms with Gasteiger partial charge in [-0.25, -0.2) is 0 Å². The van der Waals surface area contributed by atoms with Gasteiger partial charge < -0.3 is 14.2 Å². The van der Waals surface area contributed by atoms with Crippen LogP contribution in [0, 0.1) is 0 Å². The molecule has 0 saturated heterocycles. The summed E-state index contributed by atoms with van der Waals surface area (Å²) >= 11 is 0. The van der Waals surface area contributed by atoms with Crippen molar-refractivity contribution in [2.75, 3.05) is 13.2 Å². The van der Waals surface area contributed by atoms with Crippen molar-refractivity contribution < 1.29 is 28.6 Å². The summed E-state index contributed by atoms with van der Waals surface area (Å²) in [5.74, 6) is -0.994. The smallest absolute Gasteiger partial charge is 0.306 e. The lowest BCUT2D eigenvalue weighted by molar-refractivity contribution is -0.167. The van der Waals surface area contributed by atoms with Gasteiger partial charge in [0.05, 0.1) is 0 Å². The first kappa shape index (κ1) is 62.3. The molecule has 0 aliphatic rings. The van der Waals surface area contributed by atoms with Gasteiger partial charge in [-0.05, 0) is 96.3 Å². The Morgan fingerprint density at radius 3 is 0.985 bits per heavy atom. The summed E-state index contributed by atoms with van der Waals surface area (Å²) in [5.41, 5.74) is 0. The van der Waals surface area contributed by atoms with Gasteiger partial charge in [-0.2, -0.15) is 0 Å². The number of rotatable bonds is 48. The maximum atomic E-state index is 12.8. The van der Waals surface area contributed by atoms with Crippen molar-refractivity contribution >= 4 is 17.9 Å². The minimum absolute atomic E-state index is 0.107. The first-order chi connectivity index (χ1) is 32.5. The third-order valence-corrected chi connectivity index (χ3v) is 11.3. The molecule has 0 amide bonds. The number of carbonyl (C=O) groups excluding carboxylic acids is 3. The van der Waals surface area contributed by atoms with Crippen LogP contribution in [0.4, 0.5) is 0 Å². The molecule has 0 aromatic heterocycles. The van der Waals surface area contributed by atoms with Crippen molar-refractivity contribution in [3.8, 4) is 0 Å². The molecule has 0 heterocycles. The first-order valence-corrected chi connectivity index (χ1v) is 27.2. The normalized spacial score (nSPS) is 12.8. The second-order valence-electron chi connectivity index (χ2n) is 17.8. The number of ether oxygens (including phenoxy) is 3. The fourth-order valence-corrected chi connectivity index (χ4v) is 7.25. The van der Waals surface area contributed by atoms with Gasteiger partial charge in [-0.15, -0.1) is 0 Å². The van der Waals surface area contributed by atoms with Crippen LogP contribution in [0.2, 0.25) is 0 Å². The molecule has 6 heteroatoms. The zero-order valence-corrected chi connectivity index (χ0v) is 42.9. The highest BCUT2D eigenvalue weighted by molar-refractivity contribution is 5.71. The maximum absolute atomic E-state index is 12.8. The summed E-state index contributed by atoms with van der Waals surface area (Å²) in [5, 5.41) is 0. The molecule has 0 radical (unpaired) electrons. The van der Waals surface area contributed by atoms with Crippen molar-refractivity contribution in [1.29, 1.82) is 0 Å². The molecule has 6 nitrogen and oxygen atoms in total. The Morgan fingerprint density at radius 1 is 0.318 bits per heavy atom. The summed E-state index contributed by atoms with van der Waals surface area (Å²) in [4.78, 5) is 38.0. The number of esters is 3. The molecule has 0 saturated carbocycles. The van der Waals surface area contributed by atoms with E-state index < -0.39 is 6.10 Å². The van der Waals surface area contributed by atoms with E-state index in [1.165, 1.54) is 103 Å². The van der Waals surface area contributed by atoms with Crippen molar-refractivity contribution in [3.63, 3.8) is 0 Å². The minimum Gasteiger partial charge on any atom is -0.462 e. The van der Waals surface area contributed by atoms with E-state index in [0.717, 1.165) is 96.3 Å². The van der Waals surface area contributed by atoms with E-state index in [2.05, 4.69) is 118 Å². The summed E-state index contributed by atoms with van der Waals surface area (Å²) in [6.07, 6.45) is 71.1. The van der Waals surface area contributed by atoms with Gasteiger partial charge in [0, 0.05) is 19.3 Å². The van der Waals surface area contributed by atoms with Crippen LogP contribution in [0.25, 0.3) is 0 Å². The van der Waals surface area contributed by atoms with E-state index in [0.29, 0.717) is 19.3 Å². The van der Waals surface area contributed by atoms with Crippen molar-refractivity contribution in [1.82, 2.24) is 0 Å². The van der Waals surface area contributed by atoms with E-state index in [4.69, 9.17) is 14.2 Å². The number of unbranched alkanes of at least 4 members (excludes halogenated alkanes) is 21. The highest BCUT2D eigenvalue weighted by Gasteiger charge is 2.19. The molecule has 0 bridgehead atoms. The average molecular weight is 917 g/mol. The third-order valence-electron chi connectivity index (χ3n) is 11.3. The maximum Gasteiger partial charge on any atom is 0.306 e. The van der Waals surface area contributed by atoms with Gasteiger partial charge in [0.15, 0.2) is 6.10 Å². The molecule has 0 rings (SSSR count). The van der Waals surface area contributed by atoms with Crippen LogP contribution in [0.3, 0.4) is 0 Å². The van der Waals surface area contributed by atoms with Crippen LogP contribution in [0.1, 0.15) is 245 Å². The van der Waals surface area contributed by atoms with E-state index in [1.807, 2.05) is 0 Å². The van der Waals surface area contributed by atoms with E-state index in [-0.39, 0.29) is 37.5 Å². The number of allylic oxidation sites excluding steroid dienone is 16.